The van der Waals surface area contributed by atoms with Crippen molar-refractivity contribution in [1.29, 1.82) is 0 Å². The molecule has 0 bridgehead atoms. The lowest BCUT2D eigenvalue weighted by Crippen LogP contribution is -2.42. The first-order valence-corrected chi connectivity index (χ1v) is 7.23. The largest absolute Gasteiger partial charge is 0.453 e. The molecule has 0 unspecified atom stereocenters. The van der Waals surface area contributed by atoms with Gasteiger partial charge in [0.05, 0.1) is 13.2 Å². The van der Waals surface area contributed by atoms with E-state index in [1.807, 2.05) is 17.0 Å². The molecule has 1 N–H and O–H groups in total. The zero-order valence-electron chi connectivity index (χ0n) is 12.2. The van der Waals surface area contributed by atoms with Gasteiger partial charge in [0.25, 0.3) is 0 Å². The van der Waals surface area contributed by atoms with Crippen molar-refractivity contribution < 1.29 is 14.3 Å². The van der Waals surface area contributed by atoms with Crippen molar-refractivity contribution in [3.8, 4) is 0 Å². The normalized spacial score (nSPS) is 18.7. The molecule has 0 saturated carbocycles. The van der Waals surface area contributed by atoms with E-state index >= 15 is 0 Å². The minimum Gasteiger partial charge on any atom is -0.453 e. The Balaban J connectivity index is 2.08. The molecule has 1 aliphatic heterocycles. The van der Waals surface area contributed by atoms with E-state index in [-0.39, 0.29) is 18.5 Å². The number of hydrogen-bond acceptors (Lipinski definition) is 4. The first-order chi connectivity index (χ1) is 10.2. The van der Waals surface area contributed by atoms with Gasteiger partial charge in [-0.3, -0.25) is 9.78 Å². The van der Waals surface area contributed by atoms with Crippen molar-refractivity contribution in [2.24, 2.45) is 0 Å². The minimum absolute atomic E-state index is 0.0335. The highest BCUT2D eigenvalue weighted by Gasteiger charge is 2.26. The molecule has 1 aromatic heterocycles. The van der Waals surface area contributed by atoms with E-state index in [0.717, 1.165) is 31.2 Å². The zero-order chi connectivity index (χ0) is 15.1. The van der Waals surface area contributed by atoms with Crippen LogP contribution in [0, 0.1) is 0 Å². The number of likely N-dealkylation sites (tertiary alicyclic amines) is 1. The lowest BCUT2D eigenvalue weighted by Gasteiger charge is -2.30. The quantitative estimate of drug-likeness (QED) is 0.923. The molecule has 2 heterocycles. The number of nitrogens with one attached hydrogen (secondary N) is 1. The van der Waals surface area contributed by atoms with Crippen molar-refractivity contribution in [2.45, 2.75) is 31.7 Å². The molecule has 1 aliphatic rings. The van der Waals surface area contributed by atoms with Gasteiger partial charge < -0.3 is 15.0 Å². The van der Waals surface area contributed by atoms with Crippen LogP contribution in [0.15, 0.2) is 24.5 Å². The highest BCUT2D eigenvalue weighted by Crippen LogP contribution is 2.29. The predicted octanol–water partition coefficient (Wildman–Crippen LogP) is 1.88. The zero-order valence-corrected chi connectivity index (χ0v) is 12.2. The summed E-state index contributed by atoms with van der Waals surface area (Å²) in [7, 11) is 1.28. The van der Waals surface area contributed by atoms with E-state index in [1.54, 1.807) is 12.4 Å². The molecule has 1 fully saturated rings. The standard InChI is InChI=1S/C15H21N3O3/c1-21-15(20)17-11-14(19)18-10-4-2-3-5-13(18)12-6-8-16-9-7-12/h6-9,13H,2-5,10-11H2,1H3,(H,17,20)/t13-/m1/s1. The van der Waals surface area contributed by atoms with Crippen LogP contribution in [0.3, 0.4) is 0 Å². The van der Waals surface area contributed by atoms with Gasteiger partial charge in [0.1, 0.15) is 6.54 Å². The van der Waals surface area contributed by atoms with Gasteiger partial charge in [0, 0.05) is 18.9 Å². The fraction of sp³-hybridized carbons (Fsp3) is 0.533. The first kappa shape index (κ1) is 15.3. The Bertz CT molecular complexity index is 478. The minimum atomic E-state index is -0.585. The third kappa shape index (κ3) is 4.18. The number of nitrogens with zero attached hydrogens (tertiary/aromatic N) is 2. The molecule has 6 heteroatoms. The number of alkyl carbamates (subject to hydrolysis) is 1. The lowest BCUT2D eigenvalue weighted by atomic mass is 10.0. The van der Waals surface area contributed by atoms with Crippen molar-refractivity contribution in [1.82, 2.24) is 15.2 Å². The van der Waals surface area contributed by atoms with Crippen LogP contribution in [0.4, 0.5) is 4.79 Å². The van der Waals surface area contributed by atoms with Gasteiger partial charge in [0.15, 0.2) is 0 Å². The number of pyridine rings is 1. The molecule has 114 valence electrons. The highest BCUT2D eigenvalue weighted by atomic mass is 16.5. The predicted molar refractivity (Wildman–Crippen MR) is 77.6 cm³/mol. The van der Waals surface area contributed by atoms with Crippen LogP contribution in [0.25, 0.3) is 0 Å². The molecule has 0 radical (unpaired) electrons. The Labute approximate surface area is 124 Å². The summed E-state index contributed by atoms with van der Waals surface area (Å²) in [4.78, 5) is 29.4. The molecule has 1 aromatic rings. The molecular formula is C15H21N3O3. The molecule has 0 aliphatic carbocycles. The first-order valence-electron chi connectivity index (χ1n) is 7.23. The number of ether oxygens (including phenoxy) is 1. The molecule has 1 saturated heterocycles. The number of amides is 2. The fourth-order valence-corrected chi connectivity index (χ4v) is 2.66. The molecule has 1 atom stereocenters. The maximum absolute atomic E-state index is 12.4. The van der Waals surface area contributed by atoms with Crippen molar-refractivity contribution in [2.75, 3.05) is 20.2 Å². The van der Waals surface area contributed by atoms with E-state index < -0.39 is 6.09 Å². The van der Waals surface area contributed by atoms with Gasteiger partial charge in [-0.25, -0.2) is 4.79 Å². The summed E-state index contributed by atoms with van der Waals surface area (Å²) in [5.41, 5.74) is 1.10. The molecule has 0 aromatic carbocycles. The SMILES string of the molecule is COC(=O)NCC(=O)N1CCCCC[C@@H]1c1ccncc1. The van der Waals surface area contributed by atoms with Crippen LogP contribution in [0.5, 0.6) is 0 Å². The number of carbonyl (C=O) groups excluding carboxylic acids is 2. The fourth-order valence-electron chi connectivity index (χ4n) is 2.66. The average molecular weight is 291 g/mol. The van der Waals surface area contributed by atoms with Gasteiger partial charge in [-0.1, -0.05) is 12.8 Å². The van der Waals surface area contributed by atoms with Crippen molar-refractivity contribution in [3.05, 3.63) is 30.1 Å². The summed E-state index contributed by atoms with van der Waals surface area (Å²) in [6.45, 7) is 0.683. The Morgan fingerprint density at radius 1 is 1.33 bits per heavy atom. The monoisotopic (exact) mass is 291 g/mol. The highest BCUT2D eigenvalue weighted by molar-refractivity contribution is 5.82. The summed E-state index contributed by atoms with van der Waals surface area (Å²) >= 11 is 0. The molecule has 21 heavy (non-hydrogen) atoms. The number of methoxy groups -OCH3 is 1. The Morgan fingerprint density at radius 3 is 2.81 bits per heavy atom. The van der Waals surface area contributed by atoms with E-state index in [1.165, 1.54) is 7.11 Å². The molecule has 2 amide bonds. The van der Waals surface area contributed by atoms with Crippen LogP contribution in [-0.2, 0) is 9.53 Å². The molecule has 6 nitrogen and oxygen atoms in total. The van der Waals surface area contributed by atoms with Crippen molar-refractivity contribution >= 4 is 12.0 Å². The van der Waals surface area contributed by atoms with Crippen LogP contribution < -0.4 is 5.32 Å². The molecule has 0 spiro atoms. The van der Waals surface area contributed by atoms with Gasteiger partial charge in [0.2, 0.25) is 5.91 Å². The van der Waals surface area contributed by atoms with E-state index in [9.17, 15) is 9.59 Å². The summed E-state index contributed by atoms with van der Waals surface area (Å²) < 4.78 is 4.50. The number of aromatic nitrogens is 1. The van der Waals surface area contributed by atoms with Gasteiger partial charge in [-0.15, -0.1) is 0 Å². The third-order valence-corrected chi connectivity index (χ3v) is 3.73. The maximum atomic E-state index is 12.4. The Hall–Kier alpha value is -2.11. The van der Waals surface area contributed by atoms with Gasteiger partial charge in [-0.05, 0) is 30.5 Å². The van der Waals surface area contributed by atoms with Crippen molar-refractivity contribution in [3.63, 3.8) is 0 Å². The summed E-state index contributed by atoms with van der Waals surface area (Å²) in [5, 5.41) is 2.46. The second-order valence-corrected chi connectivity index (χ2v) is 5.08. The number of carbonyl (C=O) groups is 2. The second kappa shape index (κ2) is 7.61. The van der Waals surface area contributed by atoms with E-state index in [2.05, 4.69) is 15.0 Å². The maximum Gasteiger partial charge on any atom is 0.407 e. The summed E-state index contributed by atoms with van der Waals surface area (Å²) in [6, 6.07) is 3.95. The Kier molecular flexibility index (Phi) is 5.54. The van der Waals surface area contributed by atoms with Crippen LogP contribution in [0.2, 0.25) is 0 Å². The number of rotatable bonds is 3. The molecular weight excluding hydrogens is 270 g/mol. The van der Waals surface area contributed by atoms with Crippen LogP contribution in [0.1, 0.15) is 37.3 Å². The second-order valence-electron chi connectivity index (χ2n) is 5.08. The van der Waals surface area contributed by atoms with Crippen LogP contribution in [-0.4, -0.2) is 42.1 Å². The topological polar surface area (TPSA) is 71.5 Å². The summed E-state index contributed by atoms with van der Waals surface area (Å²) in [5.74, 6) is -0.0795. The smallest absolute Gasteiger partial charge is 0.407 e. The molecule has 2 rings (SSSR count). The Morgan fingerprint density at radius 2 is 2.10 bits per heavy atom. The van der Waals surface area contributed by atoms with Crippen LogP contribution >= 0.6 is 0 Å². The lowest BCUT2D eigenvalue weighted by molar-refractivity contribution is -0.132. The van der Waals surface area contributed by atoms with Gasteiger partial charge >= 0.3 is 6.09 Å². The third-order valence-electron chi connectivity index (χ3n) is 3.73. The van der Waals surface area contributed by atoms with E-state index in [4.69, 9.17) is 0 Å². The van der Waals surface area contributed by atoms with Gasteiger partial charge in [-0.2, -0.15) is 0 Å². The number of hydrogen-bond donors (Lipinski definition) is 1. The van der Waals surface area contributed by atoms with E-state index in [0.29, 0.717) is 6.54 Å². The average Bonchev–Trinajstić information content (AvgIpc) is 2.79. The summed E-state index contributed by atoms with van der Waals surface area (Å²) in [6.07, 6.45) is 7.06.